The van der Waals surface area contributed by atoms with Crippen molar-refractivity contribution in [1.29, 1.82) is 0 Å². The molecule has 0 heterocycles. The number of hydrogen-bond acceptors (Lipinski definition) is 4. The third-order valence-electron chi connectivity index (χ3n) is 5.44. The van der Waals surface area contributed by atoms with Crippen molar-refractivity contribution in [3.63, 3.8) is 0 Å². The highest BCUT2D eigenvalue weighted by Crippen LogP contribution is 2.35. The number of halogens is 5. The second kappa shape index (κ2) is 12.9. The van der Waals surface area contributed by atoms with Gasteiger partial charge in [0, 0.05) is 12.6 Å². The molecule has 0 unspecified atom stereocenters. The molecule has 0 aliphatic rings. The number of anilines is 1. The smallest absolute Gasteiger partial charge is 0.244 e. The van der Waals surface area contributed by atoms with Crippen LogP contribution in [0.25, 0.3) is 0 Å². The molecule has 198 valence electrons. The van der Waals surface area contributed by atoms with Crippen LogP contribution in [-0.4, -0.2) is 50.0 Å². The summed E-state index contributed by atoms with van der Waals surface area (Å²) >= 11 is 30.5. The number of nitrogens with zero attached hydrogens (tertiary/aromatic N) is 2. The molecule has 2 aromatic carbocycles. The summed E-state index contributed by atoms with van der Waals surface area (Å²) < 4.78 is 26.2. The number of carbonyl (C=O) groups is 2. The summed E-state index contributed by atoms with van der Waals surface area (Å²) in [6.45, 7) is 4.65. The van der Waals surface area contributed by atoms with E-state index in [1.165, 1.54) is 17.0 Å². The van der Waals surface area contributed by atoms with Crippen LogP contribution in [0.5, 0.6) is 0 Å². The van der Waals surface area contributed by atoms with E-state index in [4.69, 9.17) is 58.0 Å². The third kappa shape index (κ3) is 8.04. The van der Waals surface area contributed by atoms with Crippen molar-refractivity contribution in [3.8, 4) is 0 Å². The second-order valence-corrected chi connectivity index (χ2v) is 12.2. The average molecular weight is 618 g/mol. The highest BCUT2D eigenvalue weighted by Gasteiger charge is 2.31. The van der Waals surface area contributed by atoms with Crippen LogP contribution in [0.3, 0.4) is 0 Å². The van der Waals surface area contributed by atoms with Crippen molar-refractivity contribution in [1.82, 2.24) is 10.2 Å². The molecule has 0 saturated carbocycles. The minimum atomic E-state index is -3.99. The van der Waals surface area contributed by atoms with Crippen LogP contribution in [0.15, 0.2) is 30.3 Å². The Hall–Kier alpha value is -1.42. The van der Waals surface area contributed by atoms with Gasteiger partial charge in [0.05, 0.1) is 37.1 Å². The first kappa shape index (κ1) is 30.8. The van der Waals surface area contributed by atoms with Gasteiger partial charge in [-0.2, -0.15) is 0 Å². The zero-order valence-corrected chi connectivity index (χ0v) is 24.6. The van der Waals surface area contributed by atoms with Gasteiger partial charge in [-0.3, -0.25) is 13.9 Å². The Morgan fingerprint density at radius 1 is 0.917 bits per heavy atom. The van der Waals surface area contributed by atoms with Gasteiger partial charge in [0.1, 0.15) is 12.6 Å². The lowest BCUT2D eigenvalue weighted by Gasteiger charge is -2.32. The van der Waals surface area contributed by atoms with Crippen LogP contribution in [-0.2, 0) is 26.2 Å². The zero-order chi connectivity index (χ0) is 27.4. The van der Waals surface area contributed by atoms with Crippen LogP contribution >= 0.6 is 58.0 Å². The molecule has 0 spiro atoms. The molecule has 0 aliphatic carbocycles. The Morgan fingerprint density at radius 3 is 2.06 bits per heavy atom. The van der Waals surface area contributed by atoms with Crippen LogP contribution in [0, 0.1) is 0 Å². The van der Waals surface area contributed by atoms with Gasteiger partial charge in [-0.1, -0.05) is 71.0 Å². The molecule has 2 amide bonds. The summed E-state index contributed by atoms with van der Waals surface area (Å²) in [7, 11) is -3.99. The molecule has 0 bridgehead atoms. The number of nitrogens with one attached hydrogen (secondary N) is 1. The molecule has 36 heavy (non-hydrogen) atoms. The second-order valence-electron chi connectivity index (χ2n) is 8.25. The van der Waals surface area contributed by atoms with E-state index < -0.39 is 34.4 Å². The largest absolute Gasteiger partial charge is 0.352 e. The maximum absolute atomic E-state index is 13.6. The van der Waals surface area contributed by atoms with Gasteiger partial charge in [0.2, 0.25) is 21.8 Å². The first-order chi connectivity index (χ1) is 16.6. The van der Waals surface area contributed by atoms with E-state index in [9.17, 15) is 18.0 Å². The fourth-order valence-corrected chi connectivity index (χ4v) is 5.05. The van der Waals surface area contributed by atoms with Crippen LogP contribution < -0.4 is 9.62 Å². The van der Waals surface area contributed by atoms with Gasteiger partial charge in [0.15, 0.2) is 0 Å². The molecule has 2 aromatic rings. The van der Waals surface area contributed by atoms with Crippen LogP contribution in [0.1, 0.15) is 32.8 Å². The van der Waals surface area contributed by atoms with Crippen LogP contribution in [0.4, 0.5) is 5.69 Å². The minimum Gasteiger partial charge on any atom is -0.352 e. The van der Waals surface area contributed by atoms with E-state index in [0.29, 0.717) is 17.0 Å². The standard InChI is InChI=1S/C23H26Cl5N3O4S/c1-5-13(2)29-23(33)14(3)30(11-15-6-7-16(24)17(25)8-15)22(32)12-31(36(4,34)35)21-10-19(27)18(26)9-20(21)28/h6-10,13-14H,5,11-12H2,1-4H3,(H,29,33)/t13-,14+/m1/s1. The summed E-state index contributed by atoms with van der Waals surface area (Å²) in [5.74, 6) is -1.04. The lowest BCUT2D eigenvalue weighted by molar-refractivity contribution is -0.139. The highest BCUT2D eigenvalue weighted by molar-refractivity contribution is 7.92. The van der Waals surface area contributed by atoms with Gasteiger partial charge < -0.3 is 10.2 Å². The molecule has 0 saturated heterocycles. The molecular formula is C23H26Cl5N3O4S. The van der Waals surface area contributed by atoms with E-state index >= 15 is 0 Å². The zero-order valence-electron chi connectivity index (χ0n) is 20.0. The number of amides is 2. The Bertz CT molecular complexity index is 1240. The van der Waals surface area contributed by atoms with E-state index in [2.05, 4.69) is 5.32 Å². The predicted molar refractivity (Wildman–Crippen MR) is 148 cm³/mol. The third-order valence-corrected chi connectivity index (χ3v) is 8.33. The maximum atomic E-state index is 13.6. The van der Waals surface area contributed by atoms with E-state index in [1.54, 1.807) is 25.1 Å². The van der Waals surface area contributed by atoms with Crippen molar-refractivity contribution >= 4 is 85.5 Å². The van der Waals surface area contributed by atoms with Gasteiger partial charge in [-0.15, -0.1) is 0 Å². The van der Waals surface area contributed by atoms with Gasteiger partial charge >= 0.3 is 0 Å². The number of sulfonamides is 1. The molecule has 0 radical (unpaired) electrons. The maximum Gasteiger partial charge on any atom is 0.244 e. The summed E-state index contributed by atoms with van der Waals surface area (Å²) in [4.78, 5) is 27.8. The van der Waals surface area contributed by atoms with Crippen LogP contribution in [0.2, 0.25) is 25.1 Å². The molecule has 2 atom stereocenters. The van der Waals surface area contributed by atoms with Crippen molar-refractivity contribution < 1.29 is 18.0 Å². The quantitative estimate of drug-likeness (QED) is 0.329. The summed E-state index contributed by atoms with van der Waals surface area (Å²) in [5.41, 5.74) is 0.576. The molecule has 2 rings (SSSR count). The lowest BCUT2D eigenvalue weighted by atomic mass is 10.1. The van der Waals surface area contributed by atoms with Crippen molar-refractivity contribution in [2.45, 2.75) is 45.8 Å². The van der Waals surface area contributed by atoms with Gasteiger partial charge in [-0.05, 0) is 50.1 Å². The Morgan fingerprint density at radius 2 is 1.50 bits per heavy atom. The monoisotopic (exact) mass is 615 g/mol. The molecular weight excluding hydrogens is 592 g/mol. The normalized spacial score (nSPS) is 13.1. The molecule has 7 nitrogen and oxygen atoms in total. The molecule has 0 aromatic heterocycles. The average Bonchev–Trinajstić information content (AvgIpc) is 2.79. The lowest BCUT2D eigenvalue weighted by Crippen LogP contribution is -2.52. The summed E-state index contributed by atoms with van der Waals surface area (Å²) in [6.07, 6.45) is 1.62. The highest BCUT2D eigenvalue weighted by atomic mass is 35.5. The Labute approximate surface area is 236 Å². The number of hydrogen-bond donors (Lipinski definition) is 1. The first-order valence-corrected chi connectivity index (χ1v) is 14.6. The minimum absolute atomic E-state index is 0.0128. The molecule has 0 aliphatic heterocycles. The number of carbonyl (C=O) groups excluding carboxylic acids is 2. The van der Waals surface area contributed by atoms with E-state index in [0.717, 1.165) is 10.6 Å². The topological polar surface area (TPSA) is 86.8 Å². The molecule has 0 fully saturated rings. The summed E-state index contributed by atoms with van der Waals surface area (Å²) in [5, 5.41) is 3.63. The van der Waals surface area contributed by atoms with Crippen molar-refractivity contribution in [3.05, 3.63) is 61.0 Å². The van der Waals surface area contributed by atoms with Gasteiger partial charge in [0.25, 0.3) is 0 Å². The summed E-state index contributed by atoms with van der Waals surface area (Å²) in [6, 6.07) is 6.31. The van der Waals surface area contributed by atoms with E-state index in [-0.39, 0.29) is 38.4 Å². The fourth-order valence-electron chi connectivity index (χ4n) is 3.18. The van der Waals surface area contributed by atoms with Crippen molar-refractivity contribution in [2.24, 2.45) is 0 Å². The fraction of sp³-hybridized carbons (Fsp3) is 0.391. The Balaban J connectivity index is 2.48. The first-order valence-electron chi connectivity index (χ1n) is 10.8. The molecule has 13 heteroatoms. The SMILES string of the molecule is CC[C@@H](C)NC(=O)[C@H](C)N(Cc1ccc(Cl)c(Cl)c1)C(=O)CN(c1cc(Cl)c(Cl)cc1Cl)S(C)(=O)=O. The Kier molecular flexibility index (Phi) is 11.0. The van der Waals surface area contributed by atoms with Crippen molar-refractivity contribution in [2.75, 3.05) is 17.1 Å². The molecule has 1 N–H and O–H groups in total. The number of benzene rings is 2. The predicted octanol–water partition coefficient (Wildman–Crippen LogP) is 6.05. The number of rotatable bonds is 10. The van der Waals surface area contributed by atoms with E-state index in [1.807, 2.05) is 13.8 Å². The van der Waals surface area contributed by atoms with Gasteiger partial charge in [-0.25, -0.2) is 8.42 Å².